The van der Waals surface area contributed by atoms with Crippen LogP contribution in [0, 0.1) is 0 Å². The lowest BCUT2D eigenvalue weighted by Gasteiger charge is -2.41. The first-order valence-corrected chi connectivity index (χ1v) is 18.0. The number of urea groups is 1. The molecule has 1 aromatic heterocycles. The van der Waals surface area contributed by atoms with E-state index in [4.69, 9.17) is 5.73 Å². The van der Waals surface area contributed by atoms with Gasteiger partial charge in [-0.15, -0.1) is 0 Å². The lowest BCUT2D eigenvalue weighted by molar-refractivity contribution is -0.134. The number of aromatic amines is 1. The van der Waals surface area contributed by atoms with E-state index >= 15 is 0 Å². The minimum absolute atomic E-state index is 0.00614. The van der Waals surface area contributed by atoms with Crippen LogP contribution in [0.4, 0.5) is 10.5 Å². The molecule has 3 saturated heterocycles. The molecule has 1 atom stereocenters. The summed E-state index contributed by atoms with van der Waals surface area (Å²) < 4.78 is 3.25. The number of nitrogens with two attached hydrogens (primary N) is 1. The van der Waals surface area contributed by atoms with Crippen LogP contribution in [-0.2, 0) is 11.2 Å². The van der Waals surface area contributed by atoms with Gasteiger partial charge in [0.2, 0.25) is 5.91 Å². The molecule has 3 aliphatic rings. The van der Waals surface area contributed by atoms with Gasteiger partial charge in [-0.25, -0.2) is 9.59 Å². The number of carbonyl (C=O) groups is 2. The molecule has 6 rings (SSSR count). The number of amides is 3. The number of anilines is 1. The topological polar surface area (TPSA) is 120 Å². The smallest absolute Gasteiger partial charge is 0.326 e. The summed E-state index contributed by atoms with van der Waals surface area (Å²) in [4.78, 5) is 49.8. The Balaban J connectivity index is 1.11. The third-order valence-electron chi connectivity index (χ3n) is 9.83. The van der Waals surface area contributed by atoms with Crippen LogP contribution in [0.3, 0.4) is 0 Å². The van der Waals surface area contributed by atoms with Gasteiger partial charge in [0.15, 0.2) is 0 Å². The zero-order chi connectivity index (χ0) is 32.2. The first-order valence-electron chi connectivity index (χ1n) is 16.4. The molecule has 2 aromatic carbocycles. The first kappa shape index (κ1) is 32.8. The van der Waals surface area contributed by atoms with Gasteiger partial charge < -0.3 is 30.7 Å². The number of hydrogen-bond acceptors (Lipinski definition) is 5. The number of carbonyl (C=O) groups excluding carboxylic acids is 2. The number of benzene rings is 2. The number of aromatic nitrogens is 2. The molecule has 246 valence electrons. The third-order valence-corrected chi connectivity index (χ3v) is 11.1. The second-order valence-corrected chi connectivity index (χ2v) is 14.5. The molecule has 0 aliphatic carbocycles. The average molecular weight is 758 g/mol. The van der Waals surface area contributed by atoms with Crippen LogP contribution >= 0.6 is 31.9 Å². The maximum atomic E-state index is 14.0. The van der Waals surface area contributed by atoms with Gasteiger partial charge >= 0.3 is 11.7 Å². The summed E-state index contributed by atoms with van der Waals surface area (Å²) in [6.45, 7) is 4.70. The van der Waals surface area contributed by atoms with Gasteiger partial charge in [-0.3, -0.25) is 9.36 Å². The van der Waals surface area contributed by atoms with Gasteiger partial charge in [-0.05, 0) is 107 Å². The highest BCUT2D eigenvalue weighted by Gasteiger charge is 2.34. The molecule has 0 unspecified atom stereocenters. The summed E-state index contributed by atoms with van der Waals surface area (Å²) in [6.07, 6.45) is 9.29. The Morgan fingerprint density at radius 3 is 2.13 bits per heavy atom. The van der Waals surface area contributed by atoms with Crippen molar-refractivity contribution in [2.75, 3.05) is 45.0 Å². The number of halogens is 2. The number of rotatable bonds is 7. The van der Waals surface area contributed by atoms with E-state index in [1.54, 1.807) is 9.47 Å². The number of nitrogen functional groups attached to an aromatic ring is 1. The Morgan fingerprint density at radius 1 is 0.870 bits per heavy atom. The Kier molecular flexibility index (Phi) is 10.5. The van der Waals surface area contributed by atoms with Crippen molar-refractivity contribution >= 4 is 49.5 Å². The van der Waals surface area contributed by atoms with Crippen molar-refractivity contribution in [1.82, 2.24) is 29.6 Å². The molecule has 3 aliphatic heterocycles. The molecule has 0 spiro atoms. The first-order chi connectivity index (χ1) is 22.3. The quantitative estimate of drug-likeness (QED) is 0.280. The van der Waals surface area contributed by atoms with E-state index in [-0.39, 0.29) is 23.7 Å². The lowest BCUT2D eigenvalue weighted by Crippen LogP contribution is -2.56. The van der Waals surface area contributed by atoms with E-state index in [2.05, 4.69) is 47.1 Å². The highest BCUT2D eigenvalue weighted by molar-refractivity contribution is 9.11. The Hall–Kier alpha value is -3.09. The Morgan fingerprint density at radius 2 is 1.48 bits per heavy atom. The van der Waals surface area contributed by atoms with E-state index in [1.807, 2.05) is 53.6 Å². The molecule has 3 fully saturated rings. The minimum atomic E-state index is -0.708. The predicted molar refractivity (Wildman–Crippen MR) is 188 cm³/mol. The second kappa shape index (κ2) is 14.8. The summed E-state index contributed by atoms with van der Waals surface area (Å²) in [6, 6.07) is 13.2. The van der Waals surface area contributed by atoms with Crippen molar-refractivity contribution in [1.29, 1.82) is 0 Å². The molecule has 12 heteroatoms. The van der Waals surface area contributed by atoms with E-state index in [0.717, 1.165) is 51.7 Å². The number of nitrogens with one attached hydrogen (secondary N) is 2. The third kappa shape index (κ3) is 7.55. The van der Waals surface area contributed by atoms with Crippen molar-refractivity contribution < 1.29 is 9.59 Å². The van der Waals surface area contributed by atoms with Crippen molar-refractivity contribution in [3.05, 3.63) is 73.7 Å². The van der Waals surface area contributed by atoms with Crippen molar-refractivity contribution in [3.63, 3.8) is 0 Å². The molecule has 3 amide bonds. The van der Waals surface area contributed by atoms with Crippen LogP contribution < -0.4 is 16.7 Å². The highest BCUT2D eigenvalue weighted by atomic mass is 79.9. The fourth-order valence-electron chi connectivity index (χ4n) is 7.18. The molecule has 4 heterocycles. The largest absolute Gasteiger partial charge is 0.397 e. The highest BCUT2D eigenvalue weighted by Crippen LogP contribution is 2.31. The zero-order valence-corrected chi connectivity index (χ0v) is 29.3. The normalized spacial score (nSPS) is 19.3. The summed E-state index contributed by atoms with van der Waals surface area (Å²) in [5.74, 6) is -0.0447. The van der Waals surface area contributed by atoms with Crippen molar-refractivity contribution in [3.8, 4) is 11.3 Å². The van der Waals surface area contributed by atoms with E-state index in [0.29, 0.717) is 57.2 Å². The molecule has 10 nitrogen and oxygen atoms in total. The number of hydrogen-bond donors (Lipinski definition) is 3. The zero-order valence-electron chi connectivity index (χ0n) is 26.1. The number of likely N-dealkylation sites (tertiary alicyclic amines) is 3. The van der Waals surface area contributed by atoms with Crippen molar-refractivity contribution in [2.45, 2.75) is 69.5 Å². The molecule has 0 saturated carbocycles. The molecular formula is C34H43Br2N7O3. The van der Waals surface area contributed by atoms with Gasteiger partial charge in [0.25, 0.3) is 0 Å². The second-order valence-electron chi connectivity index (χ2n) is 12.8. The minimum Gasteiger partial charge on any atom is -0.397 e. The predicted octanol–water partition coefficient (Wildman–Crippen LogP) is 5.39. The summed E-state index contributed by atoms with van der Waals surface area (Å²) in [5, 5.41) is 3.10. The molecule has 0 bridgehead atoms. The molecule has 4 N–H and O–H groups in total. The van der Waals surface area contributed by atoms with Crippen LogP contribution in [0.1, 0.15) is 56.6 Å². The van der Waals surface area contributed by atoms with E-state index in [1.165, 1.54) is 19.3 Å². The Labute approximate surface area is 286 Å². The fraction of sp³-hybridized carbons (Fsp3) is 0.500. The fourth-order valence-corrected chi connectivity index (χ4v) is 8.46. The molecular weight excluding hydrogens is 714 g/mol. The number of imidazole rings is 1. The van der Waals surface area contributed by atoms with Crippen LogP contribution in [0.15, 0.2) is 62.4 Å². The molecule has 46 heavy (non-hydrogen) atoms. The standard InChI is InChI=1S/C34H43Br2N7O3/c35-27-19-23(20-28(36)31(27)37)21-29(32(44)41-15-9-25(10-16-41)40-13-5-2-6-14-40)38-33(45)42-17-11-26(12-18-42)43-22-30(39-34(43)46)24-7-3-1-4-8-24/h1,3-4,7-8,19-20,22,25-26,29H,2,5-6,9-18,21,37H2,(H,38,45)(H,39,46)/t29-/m0/s1. The maximum Gasteiger partial charge on any atom is 0.326 e. The van der Waals surface area contributed by atoms with Gasteiger partial charge in [0, 0.05) is 59.8 Å². The number of H-pyrrole nitrogens is 1. The SMILES string of the molecule is Nc1c(Br)cc(C[C@H](NC(=O)N2CCC(n3cc(-c4ccccc4)[nH]c3=O)CC2)C(=O)N2CCC(N3CCCCC3)CC2)cc1Br. The summed E-state index contributed by atoms with van der Waals surface area (Å²) in [7, 11) is 0. The lowest BCUT2D eigenvalue weighted by atomic mass is 9.98. The maximum absolute atomic E-state index is 14.0. The molecule has 3 aromatic rings. The van der Waals surface area contributed by atoms with Crippen LogP contribution in [0.2, 0.25) is 0 Å². The average Bonchev–Trinajstić information content (AvgIpc) is 3.48. The van der Waals surface area contributed by atoms with Gasteiger partial charge in [0.05, 0.1) is 11.4 Å². The number of nitrogens with zero attached hydrogens (tertiary/aromatic N) is 4. The Bertz CT molecular complexity index is 1550. The van der Waals surface area contributed by atoms with E-state index < -0.39 is 6.04 Å². The van der Waals surface area contributed by atoms with E-state index in [9.17, 15) is 14.4 Å². The van der Waals surface area contributed by atoms with Gasteiger partial charge in [-0.1, -0.05) is 36.8 Å². The van der Waals surface area contributed by atoms with Crippen LogP contribution in [0.5, 0.6) is 0 Å². The van der Waals surface area contributed by atoms with Crippen molar-refractivity contribution in [2.24, 2.45) is 0 Å². The monoisotopic (exact) mass is 755 g/mol. The summed E-state index contributed by atoms with van der Waals surface area (Å²) in [5.41, 5.74) is 9.23. The number of piperidine rings is 3. The van der Waals surface area contributed by atoms with Crippen LogP contribution in [-0.4, -0.2) is 87.5 Å². The summed E-state index contributed by atoms with van der Waals surface area (Å²) >= 11 is 7.05. The van der Waals surface area contributed by atoms with Gasteiger partial charge in [0.1, 0.15) is 6.04 Å². The van der Waals surface area contributed by atoms with Gasteiger partial charge in [-0.2, -0.15) is 0 Å². The van der Waals surface area contributed by atoms with Crippen LogP contribution in [0.25, 0.3) is 11.3 Å². The molecule has 0 radical (unpaired) electrons.